The predicted octanol–water partition coefficient (Wildman–Crippen LogP) is 1.80. The van der Waals surface area contributed by atoms with E-state index in [1.54, 1.807) is 18.1 Å². The fraction of sp³-hybridized carbons (Fsp3) is 0.250. The zero-order valence-electron chi connectivity index (χ0n) is 10.5. The normalized spacial score (nSPS) is 10.5. The van der Waals surface area contributed by atoms with E-state index in [0.717, 1.165) is 5.82 Å². The van der Waals surface area contributed by atoms with Crippen molar-refractivity contribution in [3.8, 4) is 0 Å². The van der Waals surface area contributed by atoms with Crippen LogP contribution >= 0.6 is 11.6 Å². The van der Waals surface area contributed by atoms with Gasteiger partial charge in [-0.1, -0.05) is 11.6 Å². The van der Waals surface area contributed by atoms with Gasteiger partial charge in [0.15, 0.2) is 0 Å². The number of halogens is 1. The van der Waals surface area contributed by atoms with Crippen molar-refractivity contribution < 1.29 is 9.90 Å². The molecule has 0 amide bonds. The summed E-state index contributed by atoms with van der Waals surface area (Å²) in [7, 11) is 3.67. The lowest BCUT2D eigenvalue weighted by atomic mass is 10.2. The third-order valence-electron chi connectivity index (χ3n) is 2.76. The van der Waals surface area contributed by atoms with E-state index in [4.69, 9.17) is 16.7 Å². The molecule has 0 unspecified atom stereocenters. The molecule has 0 saturated carbocycles. The van der Waals surface area contributed by atoms with Crippen molar-refractivity contribution in [2.24, 2.45) is 7.05 Å². The number of hydrogen-bond acceptors (Lipinski definition) is 4. The van der Waals surface area contributed by atoms with Crippen LogP contribution in [-0.2, 0) is 13.6 Å². The van der Waals surface area contributed by atoms with E-state index >= 15 is 0 Å². The maximum absolute atomic E-state index is 11.0. The van der Waals surface area contributed by atoms with Crippen molar-refractivity contribution in [2.45, 2.75) is 6.54 Å². The fourth-order valence-electron chi connectivity index (χ4n) is 1.70. The average Bonchev–Trinajstić information content (AvgIpc) is 2.74. The lowest BCUT2D eigenvalue weighted by Gasteiger charge is -2.19. The Kier molecular flexibility index (Phi) is 3.71. The molecular formula is C12H13ClN4O2. The minimum absolute atomic E-state index is 0.0401. The number of carboxylic acids is 1. The Morgan fingerprint density at radius 3 is 2.79 bits per heavy atom. The number of carbonyl (C=O) groups is 1. The molecule has 0 aliphatic carbocycles. The van der Waals surface area contributed by atoms with Gasteiger partial charge in [0.25, 0.3) is 0 Å². The highest BCUT2D eigenvalue weighted by Gasteiger charge is 2.17. The Morgan fingerprint density at radius 2 is 2.21 bits per heavy atom. The summed E-state index contributed by atoms with van der Waals surface area (Å²) >= 11 is 6.07. The number of rotatable bonds is 4. The molecule has 19 heavy (non-hydrogen) atoms. The second-order valence-electron chi connectivity index (χ2n) is 4.11. The van der Waals surface area contributed by atoms with Gasteiger partial charge in [-0.25, -0.2) is 14.8 Å². The quantitative estimate of drug-likeness (QED) is 0.925. The number of imidazole rings is 1. The molecule has 0 spiro atoms. The first-order valence-electron chi connectivity index (χ1n) is 5.56. The minimum Gasteiger partial charge on any atom is -0.478 e. The largest absolute Gasteiger partial charge is 0.478 e. The van der Waals surface area contributed by atoms with Gasteiger partial charge in [0, 0.05) is 32.7 Å². The molecule has 6 nitrogen and oxygen atoms in total. The first kappa shape index (κ1) is 13.4. The molecule has 2 aromatic rings. The molecule has 0 saturated heterocycles. The summed E-state index contributed by atoms with van der Waals surface area (Å²) < 4.78 is 1.88. The molecule has 0 aromatic carbocycles. The van der Waals surface area contributed by atoms with Crippen LogP contribution in [0.5, 0.6) is 0 Å². The van der Waals surface area contributed by atoms with E-state index < -0.39 is 5.97 Å². The van der Waals surface area contributed by atoms with Crippen LogP contribution < -0.4 is 4.90 Å². The summed E-state index contributed by atoms with van der Waals surface area (Å²) in [5.74, 6) is 0.185. The molecule has 0 atom stereocenters. The summed E-state index contributed by atoms with van der Waals surface area (Å²) in [6.07, 6.45) is 4.97. The van der Waals surface area contributed by atoms with Crippen LogP contribution in [0.1, 0.15) is 16.2 Å². The summed E-state index contributed by atoms with van der Waals surface area (Å²) in [4.78, 5) is 21.1. The number of hydrogen-bond donors (Lipinski definition) is 1. The van der Waals surface area contributed by atoms with Crippen molar-refractivity contribution in [3.05, 3.63) is 41.1 Å². The topological polar surface area (TPSA) is 71.2 Å². The Bertz CT molecular complexity index is 612. The zero-order chi connectivity index (χ0) is 14.0. The lowest BCUT2D eigenvalue weighted by molar-refractivity contribution is 0.0697. The molecular weight excluding hydrogens is 268 g/mol. The third-order valence-corrected chi connectivity index (χ3v) is 3.13. The maximum atomic E-state index is 11.0. The van der Waals surface area contributed by atoms with Gasteiger partial charge in [-0.2, -0.15) is 0 Å². The Morgan fingerprint density at radius 1 is 1.47 bits per heavy atom. The van der Waals surface area contributed by atoms with Crippen LogP contribution in [0.2, 0.25) is 5.02 Å². The molecule has 0 aliphatic rings. The summed E-state index contributed by atoms with van der Waals surface area (Å²) in [5.41, 5.74) is 0.0401. The molecule has 0 fully saturated rings. The summed E-state index contributed by atoms with van der Waals surface area (Å²) in [6, 6.07) is 1.38. The number of aromatic nitrogens is 3. The smallest absolute Gasteiger partial charge is 0.337 e. The zero-order valence-corrected chi connectivity index (χ0v) is 11.3. The van der Waals surface area contributed by atoms with Crippen LogP contribution in [0.15, 0.2) is 24.7 Å². The second-order valence-corrected chi connectivity index (χ2v) is 4.49. The SMILES string of the molecule is CN(Cc1nccn1C)c1nccc(C(=O)O)c1Cl. The number of anilines is 1. The van der Waals surface area contributed by atoms with E-state index in [2.05, 4.69) is 9.97 Å². The molecule has 0 aliphatic heterocycles. The van der Waals surface area contributed by atoms with E-state index in [0.29, 0.717) is 12.4 Å². The molecule has 2 heterocycles. The van der Waals surface area contributed by atoms with Crippen LogP contribution in [-0.4, -0.2) is 32.7 Å². The van der Waals surface area contributed by atoms with E-state index in [9.17, 15) is 4.79 Å². The summed E-state index contributed by atoms with van der Waals surface area (Å²) in [6.45, 7) is 0.485. The van der Waals surface area contributed by atoms with E-state index in [1.165, 1.54) is 12.3 Å². The number of aryl methyl sites for hydroxylation is 1. The molecule has 2 aromatic heterocycles. The summed E-state index contributed by atoms with van der Waals surface area (Å²) in [5, 5.41) is 9.16. The first-order chi connectivity index (χ1) is 9.00. The number of carboxylic acid groups (broad SMARTS) is 1. The van der Waals surface area contributed by atoms with E-state index in [1.807, 2.05) is 17.8 Å². The molecule has 0 radical (unpaired) electrons. The van der Waals surface area contributed by atoms with Gasteiger partial charge in [0.1, 0.15) is 11.6 Å². The first-order valence-corrected chi connectivity index (χ1v) is 5.93. The standard InChI is InChI=1S/C12H13ClN4O2/c1-16-6-5-14-9(16)7-17(2)11-10(13)8(12(18)19)3-4-15-11/h3-6H,7H2,1-2H3,(H,18,19). The van der Waals surface area contributed by atoms with Crippen LogP contribution in [0.4, 0.5) is 5.82 Å². The molecule has 0 bridgehead atoms. The van der Waals surface area contributed by atoms with Crippen molar-refractivity contribution in [2.75, 3.05) is 11.9 Å². The molecule has 1 N–H and O–H groups in total. The van der Waals surface area contributed by atoms with Crippen molar-refractivity contribution in [3.63, 3.8) is 0 Å². The molecule has 100 valence electrons. The van der Waals surface area contributed by atoms with Crippen molar-refractivity contribution in [1.82, 2.24) is 14.5 Å². The Balaban J connectivity index is 2.29. The lowest BCUT2D eigenvalue weighted by Crippen LogP contribution is -2.21. The van der Waals surface area contributed by atoms with Gasteiger partial charge in [-0.15, -0.1) is 0 Å². The highest BCUT2D eigenvalue weighted by molar-refractivity contribution is 6.35. The maximum Gasteiger partial charge on any atom is 0.337 e. The third kappa shape index (κ3) is 2.68. The van der Waals surface area contributed by atoms with Gasteiger partial charge in [-0.3, -0.25) is 0 Å². The predicted molar refractivity (Wildman–Crippen MR) is 71.5 cm³/mol. The second kappa shape index (κ2) is 5.27. The number of pyridine rings is 1. The van der Waals surface area contributed by atoms with Crippen LogP contribution in [0.25, 0.3) is 0 Å². The van der Waals surface area contributed by atoms with Gasteiger partial charge in [0.2, 0.25) is 0 Å². The number of nitrogens with zero attached hydrogens (tertiary/aromatic N) is 4. The highest BCUT2D eigenvalue weighted by atomic mass is 35.5. The van der Waals surface area contributed by atoms with Crippen LogP contribution in [0.3, 0.4) is 0 Å². The average molecular weight is 281 g/mol. The van der Waals surface area contributed by atoms with Gasteiger partial charge < -0.3 is 14.6 Å². The molecule has 7 heteroatoms. The fourth-order valence-corrected chi connectivity index (χ4v) is 2.04. The van der Waals surface area contributed by atoms with Crippen LogP contribution in [0, 0.1) is 0 Å². The monoisotopic (exact) mass is 280 g/mol. The van der Waals surface area contributed by atoms with Gasteiger partial charge in [-0.05, 0) is 6.07 Å². The highest BCUT2D eigenvalue weighted by Crippen LogP contribution is 2.26. The Hall–Kier alpha value is -2.08. The molecule has 2 rings (SSSR count). The Labute approximate surface area is 115 Å². The van der Waals surface area contributed by atoms with Gasteiger partial charge >= 0.3 is 5.97 Å². The van der Waals surface area contributed by atoms with Crippen molar-refractivity contribution in [1.29, 1.82) is 0 Å². The van der Waals surface area contributed by atoms with Gasteiger partial charge in [0.05, 0.1) is 17.1 Å². The number of aromatic carboxylic acids is 1. The van der Waals surface area contributed by atoms with Crippen molar-refractivity contribution >= 4 is 23.4 Å². The van der Waals surface area contributed by atoms with E-state index in [-0.39, 0.29) is 10.6 Å². The minimum atomic E-state index is -1.07.